The number of amides is 4. The Kier molecular flexibility index (Phi) is 23.2. The largest absolute Gasteiger partial charge is 0.493 e. The third kappa shape index (κ3) is 16.4. The van der Waals surface area contributed by atoms with Gasteiger partial charge < -0.3 is 86.7 Å². The molecule has 4 aromatic rings. The number of rotatable bonds is 14. The average Bonchev–Trinajstić information content (AvgIpc) is 0.820. The molecule has 8 bridgehead atoms. The van der Waals surface area contributed by atoms with Gasteiger partial charge in [0.05, 0.1) is 83.3 Å². The molecule has 12 aliphatic heterocycles. The van der Waals surface area contributed by atoms with Crippen LogP contribution in [0.5, 0.6) is 69.0 Å². The Morgan fingerprint density at radius 3 is 0.807 bits per heavy atom. The minimum absolute atomic E-state index is 0.0957. The van der Waals surface area contributed by atoms with Crippen LogP contribution in [-0.2, 0) is 29.9 Å². The lowest BCUT2D eigenvalue weighted by molar-refractivity contribution is -0.133. The molecule has 0 aliphatic carbocycles. The van der Waals surface area contributed by atoms with E-state index in [0.717, 1.165) is 22.3 Å². The second-order valence-electron chi connectivity index (χ2n) is 23.9. The summed E-state index contributed by atoms with van der Waals surface area (Å²) in [6.45, 7) is 13.7. The molecule has 2 saturated heterocycles. The number of benzene rings is 4. The molecule has 88 heavy (non-hydrogen) atoms. The van der Waals surface area contributed by atoms with Crippen LogP contribution >= 0.6 is 0 Å². The lowest BCUT2D eigenvalue weighted by Gasteiger charge is -2.43. The first-order valence-electron chi connectivity index (χ1n) is 30.2. The summed E-state index contributed by atoms with van der Waals surface area (Å²) in [6, 6.07) is 15.8. The fourth-order valence-electron chi connectivity index (χ4n) is 11.6. The third-order valence-corrected chi connectivity index (χ3v) is 16.1. The zero-order chi connectivity index (χ0) is 63.8. The van der Waals surface area contributed by atoms with Crippen LogP contribution in [0.25, 0.3) is 0 Å². The summed E-state index contributed by atoms with van der Waals surface area (Å²) in [7, 11) is 12.7. The highest BCUT2D eigenvalue weighted by Crippen LogP contribution is 2.53. The van der Waals surface area contributed by atoms with E-state index in [1.54, 1.807) is 98.4 Å². The molecule has 0 radical (unpaired) electrons. The molecule has 4 amide bonds. The van der Waals surface area contributed by atoms with Crippen LogP contribution in [0, 0.1) is 0 Å². The van der Waals surface area contributed by atoms with Gasteiger partial charge in [-0.3, -0.25) is 9.59 Å². The van der Waals surface area contributed by atoms with Crippen LogP contribution in [-0.4, -0.2) is 168 Å². The van der Waals surface area contributed by atoms with E-state index in [2.05, 4.69) is 10.6 Å². The van der Waals surface area contributed by atoms with E-state index in [9.17, 15) is 19.2 Å². The minimum atomic E-state index is -0.733. The number of ether oxygens (including phenoxy) is 14. The molecular weight excluding hydrogens is 1140 g/mol. The summed E-state index contributed by atoms with van der Waals surface area (Å²) in [5, 5.41) is 5.41. The van der Waals surface area contributed by atoms with Crippen molar-refractivity contribution in [3.63, 3.8) is 0 Å². The molecule has 12 heterocycles. The van der Waals surface area contributed by atoms with Crippen molar-refractivity contribution in [1.29, 1.82) is 0 Å². The number of nitrogens with zero attached hydrogens (tertiary/aromatic N) is 2. The van der Waals surface area contributed by atoms with Gasteiger partial charge in [0.2, 0.25) is 34.8 Å². The van der Waals surface area contributed by atoms with Crippen LogP contribution < -0.4 is 67.5 Å². The summed E-state index contributed by atoms with van der Waals surface area (Å²) in [5.41, 5.74) is 0.651. The summed E-state index contributed by atoms with van der Waals surface area (Å²) in [5.74, 6) is 5.24. The van der Waals surface area contributed by atoms with Gasteiger partial charge in [0.15, 0.2) is 46.0 Å². The number of piperidine rings is 2. The lowest BCUT2D eigenvalue weighted by Crippen LogP contribution is -2.46. The molecule has 0 aromatic heterocycles. The molecule has 22 heteroatoms. The Hall–Kier alpha value is -8.04. The van der Waals surface area contributed by atoms with E-state index < -0.39 is 34.2 Å². The summed E-state index contributed by atoms with van der Waals surface area (Å²) in [6.07, 6.45) is 3.38. The van der Waals surface area contributed by atoms with Crippen molar-refractivity contribution in [1.82, 2.24) is 20.4 Å². The van der Waals surface area contributed by atoms with E-state index in [4.69, 9.17) is 66.3 Å². The van der Waals surface area contributed by atoms with E-state index in [-0.39, 0.29) is 37.7 Å². The first kappa shape index (κ1) is 67.5. The van der Waals surface area contributed by atoms with Crippen molar-refractivity contribution in [2.75, 3.05) is 123 Å². The smallest absolute Gasteiger partial charge is 0.407 e. The summed E-state index contributed by atoms with van der Waals surface area (Å²) in [4.78, 5) is 55.9. The number of hydrogen-bond acceptors (Lipinski definition) is 18. The van der Waals surface area contributed by atoms with Gasteiger partial charge in [-0.1, -0.05) is 0 Å². The molecule has 2 N–H and O–H groups in total. The van der Waals surface area contributed by atoms with Crippen LogP contribution in [0.15, 0.2) is 48.5 Å². The van der Waals surface area contributed by atoms with Gasteiger partial charge >= 0.3 is 12.2 Å². The number of likely N-dealkylation sites (tertiary alicyclic amines) is 2. The van der Waals surface area contributed by atoms with Gasteiger partial charge in [-0.15, -0.1) is 0 Å². The fraction of sp³-hybridized carbons (Fsp3) is 0.576. The van der Waals surface area contributed by atoms with Crippen LogP contribution in [0.2, 0.25) is 0 Å². The topological polar surface area (TPSA) is 228 Å². The van der Waals surface area contributed by atoms with Gasteiger partial charge in [-0.05, 0) is 164 Å². The van der Waals surface area contributed by atoms with Gasteiger partial charge in [-0.2, -0.15) is 0 Å². The second-order valence-corrected chi connectivity index (χ2v) is 23.9. The fourth-order valence-corrected chi connectivity index (χ4v) is 11.6. The highest BCUT2D eigenvalue weighted by atomic mass is 16.6. The number of nitrogens with one attached hydrogen (secondary N) is 2. The maximum atomic E-state index is 13.7. The lowest BCUT2D eigenvalue weighted by atomic mass is 9.67. The highest BCUT2D eigenvalue weighted by Gasteiger charge is 2.44. The molecule has 0 saturated carbocycles. The predicted molar refractivity (Wildman–Crippen MR) is 330 cm³/mol. The van der Waals surface area contributed by atoms with E-state index in [1.807, 2.05) is 58.3 Å². The molecule has 2 fully saturated rings. The second kappa shape index (κ2) is 30.2. The Balaban J connectivity index is 1.20. The summed E-state index contributed by atoms with van der Waals surface area (Å²) < 4.78 is 85.5. The van der Waals surface area contributed by atoms with Gasteiger partial charge in [0, 0.05) is 62.9 Å². The molecule has 0 atom stereocenters. The number of methoxy groups -OCH3 is 8. The van der Waals surface area contributed by atoms with E-state index >= 15 is 0 Å². The minimum Gasteiger partial charge on any atom is -0.493 e. The number of carbonyl (C=O) groups excluding carboxylic acids is 4. The van der Waals surface area contributed by atoms with Gasteiger partial charge in [0.1, 0.15) is 11.2 Å². The van der Waals surface area contributed by atoms with Crippen LogP contribution in [0.4, 0.5) is 9.59 Å². The van der Waals surface area contributed by atoms with E-state index in [0.29, 0.717) is 173 Å². The molecule has 16 rings (SSSR count). The molecule has 484 valence electrons. The monoisotopic (exact) mass is 1230 g/mol. The summed E-state index contributed by atoms with van der Waals surface area (Å²) >= 11 is 0. The van der Waals surface area contributed by atoms with E-state index in [1.165, 1.54) is 0 Å². The Labute approximate surface area is 518 Å². The Bertz CT molecular complexity index is 2590. The maximum absolute atomic E-state index is 13.7. The maximum Gasteiger partial charge on any atom is 0.407 e. The zero-order valence-corrected chi connectivity index (χ0v) is 54.0. The predicted octanol–water partition coefficient (Wildman–Crippen LogP) is 10.2. The molecule has 12 aliphatic rings. The first-order chi connectivity index (χ1) is 42.1. The molecular formula is C66H92N4O18. The van der Waals surface area contributed by atoms with Gasteiger partial charge in [0.25, 0.3) is 0 Å². The molecule has 4 aromatic carbocycles. The molecule has 2 spiro atoms. The van der Waals surface area contributed by atoms with Crippen molar-refractivity contribution < 1.29 is 85.5 Å². The van der Waals surface area contributed by atoms with Crippen molar-refractivity contribution in [2.24, 2.45) is 0 Å². The quantitative estimate of drug-likeness (QED) is 0.120. The number of alkyl carbamates (subject to hydrolysis) is 2. The van der Waals surface area contributed by atoms with Crippen molar-refractivity contribution in [3.05, 3.63) is 70.8 Å². The SMILES string of the molecule is COc1cc2cc(OC)c1OCCCCOc1c(OC)cc(cc1OC)C1(CCN(C(=O)CCNC(=O)OC(C)(C)C)CC1)c1cc(OC)c(c(OC)c1)OCCCCOc1c(OC)cc(cc1OC)C21CCN(C(=O)CCNC(=O)OC(C)(C)C)CC1. The molecule has 22 nitrogen and oxygen atoms in total. The van der Waals surface area contributed by atoms with Crippen molar-refractivity contribution in [3.8, 4) is 69.0 Å². The van der Waals surface area contributed by atoms with Crippen molar-refractivity contribution in [2.45, 2.75) is 128 Å². The normalized spacial score (nSPS) is 16.2. The Morgan fingerprint density at radius 2 is 0.614 bits per heavy atom. The number of carbonyl (C=O) groups is 4. The highest BCUT2D eigenvalue weighted by molar-refractivity contribution is 5.78. The first-order valence-corrected chi connectivity index (χ1v) is 30.2. The third-order valence-electron chi connectivity index (χ3n) is 16.1. The molecule has 0 unspecified atom stereocenters. The zero-order valence-electron chi connectivity index (χ0n) is 54.0. The van der Waals surface area contributed by atoms with Gasteiger partial charge in [-0.25, -0.2) is 9.59 Å². The average molecular weight is 1230 g/mol. The Morgan fingerprint density at radius 1 is 0.398 bits per heavy atom. The van der Waals surface area contributed by atoms with Crippen LogP contribution in [0.3, 0.4) is 0 Å². The van der Waals surface area contributed by atoms with Crippen molar-refractivity contribution >= 4 is 24.0 Å². The standard InChI is InChI=1S/C66H92N4O18/c1-63(2,3)87-61(73)67-25-19-55(71)69-27-21-65(22-28-69)43-35-47(75-7)57(48(36-43)76-8)83-31-15-17-33-85-59-51(79-11)39-45(40-52(59)80-12)66(23-29-70(30-24-66)56(72)20-26-68-62(74)88-64(4,5)6)46-41-53(81-13)60(54(42-46)82-14)86-34-18-16-32-84-58-49(77-9)37-44(65)38-50(58)78-10/h35-42H,15-34H2,1-14H3,(H,67,73)(H,68,74). The van der Waals surface area contributed by atoms with Crippen LogP contribution in [0.1, 0.15) is 128 Å². The number of hydrogen-bond donors (Lipinski definition) is 2.